The highest BCUT2D eigenvalue weighted by atomic mass is 16.3. The minimum Gasteiger partial charge on any atom is -0.504 e. The lowest BCUT2D eigenvalue weighted by Crippen LogP contribution is -2.18. The number of hydrogen-bond acceptors (Lipinski definition) is 11. The monoisotopic (exact) mass is 959 g/mol. The van der Waals surface area contributed by atoms with Gasteiger partial charge in [-0.2, -0.15) is 15.8 Å². The summed E-state index contributed by atoms with van der Waals surface area (Å²) >= 11 is 0. The van der Waals surface area contributed by atoms with Crippen molar-refractivity contribution in [1.82, 2.24) is 0 Å². The molecule has 0 aliphatic heterocycles. The van der Waals surface area contributed by atoms with E-state index in [0.29, 0.717) is 22.3 Å². The van der Waals surface area contributed by atoms with E-state index in [4.69, 9.17) is 24.5 Å². The van der Waals surface area contributed by atoms with E-state index in [-0.39, 0.29) is 44.6 Å². The van der Waals surface area contributed by atoms with E-state index in [0.717, 1.165) is 45.5 Å². The van der Waals surface area contributed by atoms with E-state index < -0.39 is 58.1 Å². The van der Waals surface area contributed by atoms with Crippen molar-refractivity contribution in [3.63, 3.8) is 0 Å². The molecule has 4 aliphatic rings. The Hall–Kier alpha value is -11.2. The predicted molar refractivity (Wildman–Crippen MR) is 275 cm³/mol. The largest absolute Gasteiger partial charge is 0.504 e. The van der Waals surface area contributed by atoms with Crippen molar-refractivity contribution in [3.8, 4) is 99.7 Å². The number of benzene rings is 6. The van der Waals surface area contributed by atoms with Crippen LogP contribution in [0.25, 0.3) is 44.5 Å². The summed E-state index contributed by atoms with van der Waals surface area (Å²) in [5.74, 6) is 0.434. The Balaban J connectivity index is 0.000000152. The normalized spacial score (nSPS) is 15.6. The first-order valence-electron chi connectivity index (χ1n) is 22.3. The summed E-state index contributed by atoms with van der Waals surface area (Å²) in [6, 6.07) is 50.4. The molecule has 74 heavy (non-hydrogen) atoms. The topological polar surface area (TPSA) is 214 Å². The molecule has 0 bridgehead atoms. The Kier molecular flexibility index (Phi) is 13.8. The first-order valence-corrected chi connectivity index (χ1v) is 22.3. The quantitative estimate of drug-likeness (QED) is 0.0734. The SMILES string of the molecule is C#CC(C#N)=C1C(=O)C2C=C(O)C(O)=CC2C1=O.C#CC(C#N)=C1C(=O)c2c(-c3ccccc3)ccc(-c3ccccc3)c2C1=O.C#CC(C#N)=C1C(=O)c2cc(-c3ccccc3)c(-c3ccccc3)cc2C1=O. The van der Waals surface area contributed by atoms with Gasteiger partial charge in [0, 0.05) is 22.3 Å². The van der Waals surface area contributed by atoms with Crippen LogP contribution in [0.3, 0.4) is 0 Å². The number of aliphatic hydroxyl groups excluding tert-OH is 2. The van der Waals surface area contributed by atoms with Gasteiger partial charge < -0.3 is 10.2 Å². The molecular formula is C63H33N3O8. The van der Waals surface area contributed by atoms with Crippen molar-refractivity contribution in [1.29, 1.82) is 15.8 Å². The molecule has 11 heteroatoms. The van der Waals surface area contributed by atoms with Gasteiger partial charge in [0.15, 0.2) is 46.2 Å². The molecule has 0 aromatic heterocycles. The number of allylic oxidation sites excluding steroid dienone is 8. The van der Waals surface area contributed by atoms with E-state index in [1.165, 1.54) is 0 Å². The van der Waals surface area contributed by atoms with Crippen LogP contribution in [0.5, 0.6) is 0 Å². The Labute approximate surface area is 424 Å². The minimum atomic E-state index is -0.903. The van der Waals surface area contributed by atoms with Gasteiger partial charge in [0.2, 0.25) is 0 Å². The molecule has 2 atom stereocenters. The van der Waals surface area contributed by atoms with Crippen molar-refractivity contribution in [3.05, 3.63) is 225 Å². The van der Waals surface area contributed by atoms with E-state index in [1.807, 2.05) is 145 Å². The van der Waals surface area contributed by atoms with Crippen molar-refractivity contribution >= 4 is 34.7 Å². The molecule has 4 aliphatic carbocycles. The van der Waals surface area contributed by atoms with Gasteiger partial charge in [-0.05, 0) is 68.8 Å². The second-order valence-electron chi connectivity index (χ2n) is 16.5. The predicted octanol–water partition coefficient (Wildman–Crippen LogP) is 10.4. The Morgan fingerprint density at radius 1 is 0.378 bits per heavy atom. The van der Waals surface area contributed by atoms with Crippen LogP contribution < -0.4 is 0 Å². The molecule has 2 unspecified atom stereocenters. The highest BCUT2D eigenvalue weighted by molar-refractivity contribution is 6.43. The number of fused-ring (bicyclic) bond motifs is 3. The van der Waals surface area contributed by atoms with Crippen LogP contribution in [0.4, 0.5) is 0 Å². The molecule has 11 nitrogen and oxygen atoms in total. The van der Waals surface area contributed by atoms with Gasteiger partial charge in [-0.3, -0.25) is 28.8 Å². The molecule has 0 amide bonds. The number of nitriles is 3. The van der Waals surface area contributed by atoms with Crippen LogP contribution in [0.1, 0.15) is 41.4 Å². The summed E-state index contributed by atoms with van der Waals surface area (Å²) in [4.78, 5) is 76.1. The van der Waals surface area contributed by atoms with E-state index in [2.05, 4.69) is 11.8 Å². The number of Topliss-reactive ketones (excluding diaryl/α,β-unsaturated/α-hetero) is 6. The highest BCUT2D eigenvalue weighted by Gasteiger charge is 2.47. The lowest BCUT2D eigenvalue weighted by atomic mass is 9.89. The molecular weight excluding hydrogens is 927 g/mol. The summed E-state index contributed by atoms with van der Waals surface area (Å²) in [6.07, 6.45) is 18.0. The third-order valence-electron chi connectivity index (χ3n) is 12.5. The van der Waals surface area contributed by atoms with Crippen molar-refractivity contribution in [2.24, 2.45) is 11.8 Å². The second-order valence-corrected chi connectivity index (χ2v) is 16.5. The molecule has 6 aromatic carbocycles. The maximum absolute atomic E-state index is 13.2. The zero-order valence-electron chi connectivity index (χ0n) is 38.6. The van der Waals surface area contributed by atoms with Crippen molar-refractivity contribution in [2.75, 3.05) is 0 Å². The van der Waals surface area contributed by atoms with Crippen LogP contribution in [-0.4, -0.2) is 44.9 Å². The van der Waals surface area contributed by atoms with Gasteiger partial charge in [-0.15, -0.1) is 19.3 Å². The average molecular weight is 960 g/mol. The molecule has 0 spiro atoms. The van der Waals surface area contributed by atoms with E-state index >= 15 is 0 Å². The van der Waals surface area contributed by atoms with Gasteiger partial charge >= 0.3 is 0 Å². The number of ketones is 6. The number of terminal acetylenes is 3. The summed E-state index contributed by atoms with van der Waals surface area (Å²) in [7, 11) is 0. The maximum Gasteiger partial charge on any atom is 0.200 e. The molecule has 0 radical (unpaired) electrons. The zero-order chi connectivity index (χ0) is 52.8. The summed E-state index contributed by atoms with van der Waals surface area (Å²) < 4.78 is 0. The van der Waals surface area contributed by atoms with Crippen LogP contribution in [-0.2, 0) is 9.59 Å². The first kappa shape index (κ1) is 49.2. The molecule has 348 valence electrons. The van der Waals surface area contributed by atoms with Gasteiger partial charge in [-0.25, -0.2) is 0 Å². The molecule has 10 rings (SSSR count). The highest BCUT2D eigenvalue weighted by Crippen LogP contribution is 2.43. The molecule has 2 N–H and O–H groups in total. The van der Waals surface area contributed by atoms with Crippen LogP contribution in [0, 0.1) is 82.9 Å². The second kappa shape index (κ2) is 20.8. The fourth-order valence-corrected chi connectivity index (χ4v) is 9.04. The first-order chi connectivity index (χ1) is 35.8. The van der Waals surface area contributed by atoms with E-state index in [9.17, 15) is 49.5 Å². The van der Waals surface area contributed by atoms with Crippen LogP contribution >= 0.6 is 0 Å². The summed E-state index contributed by atoms with van der Waals surface area (Å²) in [6.45, 7) is 0. The zero-order valence-corrected chi connectivity index (χ0v) is 38.6. The molecule has 0 saturated heterocycles. The standard InChI is InChI=1S/2C25H13NO2.C13H7NO4/c1-2-16(15-26)23-24(27)21-13-19(17-9-5-3-6-10-17)20(14-22(21)25(23)28)18-11-7-4-8-12-18;1-2-16(15-26)21-24(27)22-19(17-9-5-3-6-10-17)13-14-20(23(22)25(21)28)18-11-7-4-8-12-18;1-2-6(5-14)11-12(17)7-3-9(15)10(16)4-8(7)13(11)18/h2*1,3-14H;1,3-4,7-8,15-16H. The molecule has 6 aromatic rings. The Bertz CT molecular complexity index is 3660. The number of carbonyl (C=O) groups is 6. The van der Waals surface area contributed by atoms with Crippen LogP contribution in [0.2, 0.25) is 0 Å². The third-order valence-corrected chi connectivity index (χ3v) is 12.5. The van der Waals surface area contributed by atoms with Crippen LogP contribution in [0.15, 0.2) is 203 Å². The fraction of sp³-hybridized carbons (Fsp3) is 0.0317. The fourth-order valence-electron chi connectivity index (χ4n) is 9.04. The number of rotatable bonds is 4. The van der Waals surface area contributed by atoms with Gasteiger partial charge in [0.25, 0.3) is 0 Å². The number of carbonyl (C=O) groups excluding carboxylic acids is 6. The van der Waals surface area contributed by atoms with Gasteiger partial charge in [-0.1, -0.05) is 151 Å². The number of aliphatic hydroxyl groups is 2. The average Bonchev–Trinajstić information content (AvgIpc) is 3.95. The van der Waals surface area contributed by atoms with Crippen molar-refractivity contribution < 1.29 is 39.0 Å². The van der Waals surface area contributed by atoms with E-state index in [1.54, 1.807) is 24.3 Å². The van der Waals surface area contributed by atoms with Gasteiger partial charge in [0.1, 0.15) is 34.9 Å². The minimum absolute atomic E-state index is 0.218. The number of nitrogens with zero attached hydrogens (tertiary/aromatic N) is 3. The summed E-state index contributed by atoms with van der Waals surface area (Å²) in [5.41, 5.74) is 6.09. The lowest BCUT2D eigenvalue weighted by Gasteiger charge is -2.14. The lowest BCUT2D eigenvalue weighted by molar-refractivity contribution is -0.117. The molecule has 0 heterocycles. The maximum atomic E-state index is 13.2. The Morgan fingerprint density at radius 2 is 0.662 bits per heavy atom. The Morgan fingerprint density at radius 3 is 0.959 bits per heavy atom. The molecule has 1 saturated carbocycles. The molecule has 1 fully saturated rings. The third kappa shape index (κ3) is 8.73. The smallest absolute Gasteiger partial charge is 0.200 e. The summed E-state index contributed by atoms with van der Waals surface area (Å²) in [5, 5.41) is 46.0. The number of hydrogen-bond donors (Lipinski definition) is 2. The van der Waals surface area contributed by atoms with Gasteiger partial charge in [0.05, 0.1) is 28.6 Å². The van der Waals surface area contributed by atoms with Crippen molar-refractivity contribution in [2.45, 2.75) is 0 Å².